The van der Waals surface area contributed by atoms with Gasteiger partial charge in [0.15, 0.2) is 0 Å². The van der Waals surface area contributed by atoms with Gasteiger partial charge in [-0.05, 0) is 49.6 Å². The third-order valence-electron chi connectivity index (χ3n) is 5.78. The Kier molecular flexibility index (Phi) is 7.73. The molecule has 1 saturated carbocycles. The minimum Gasteiger partial charge on any atom is -0.383 e. The van der Waals surface area contributed by atoms with E-state index >= 15 is 0 Å². The number of benzene rings is 2. The fraction of sp³-hybridized carbons (Fsp3) is 0.375. The highest BCUT2D eigenvalue weighted by atomic mass is 32.2. The fourth-order valence-electron chi connectivity index (χ4n) is 3.21. The van der Waals surface area contributed by atoms with Gasteiger partial charge in [0.05, 0.1) is 16.6 Å². The van der Waals surface area contributed by atoms with E-state index < -0.39 is 22.0 Å². The van der Waals surface area contributed by atoms with Crippen LogP contribution in [0.1, 0.15) is 51.5 Å². The maximum absolute atomic E-state index is 13.0. The molecule has 3 rings (SSSR count). The molecule has 9 nitrogen and oxygen atoms in total. The lowest BCUT2D eigenvalue weighted by atomic mass is 10.1. The quantitative estimate of drug-likeness (QED) is 0.299. The maximum Gasteiger partial charge on any atom is 0.264 e. The van der Waals surface area contributed by atoms with E-state index in [1.807, 2.05) is 13.8 Å². The molecule has 1 atom stereocenters. The molecule has 2 aromatic rings. The number of hydrogen-bond acceptors (Lipinski definition) is 5. The Morgan fingerprint density at radius 1 is 1.12 bits per heavy atom. The maximum atomic E-state index is 13.0. The third-order valence-corrected chi connectivity index (χ3v) is 7.16. The summed E-state index contributed by atoms with van der Waals surface area (Å²) in [6, 6.07) is 11.6. The number of rotatable bonds is 10. The zero-order chi connectivity index (χ0) is 24.9. The summed E-state index contributed by atoms with van der Waals surface area (Å²) in [6.45, 7) is 3.89. The van der Waals surface area contributed by atoms with Crippen LogP contribution in [0.3, 0.4) is 0 Å². The van der Waals surface area contributed by atoms with Crippen molar-refractivity contribution >= 4 is 39.0 Å². The fourth-order valence-corrected chi connectivity index (χ4v) is 4.30. The molecule has 0 unspecified atom stereocenters. The molecular weight excluding hydrogens is 454 g/mol. The highest BCUT2D eigenvalue weighted by molar-refractivity contribution is 7.92. The van der Waals surface area contributed by atoms with Gasteiger partial charge in [0.25, 0.3) is 15.9 Å². The van der Waals surface area contributed by atoms with E-state index in [1.165, 1.54) is 18.2 Å². The molecule has 2 aromatic carbocycles. The molecule has 10 heteroatoms. The Morgan fingerprint density at radius 2 is 1.79 bits per heavy atom. The lowest BCUT2D eigenvalue weighted by Crippen LogP contribution is -2.31. The van der Waals surface area contributed by atoms with Crippen molar-refractivity contribution < 1.29 is 18.0 Å². The van der Waals surface area contributed by atoms with E-state index in [1.54, 1.807) is 30.3 Å². The summed E-state index contributed by atoms with van der Waals surface area (Å²) in [6.07, 6.45) is 3.88. The number of nitrogens with zero attached hydrogens (tertiary/aromatic N) is 1. The van der Waals surface area contributed by atoms with E-state index in [4.69, 9.17) is 11.5 Å². The average Bonchev–Trinajstić information content (AvgIpc) is 3.56. The summed E-state index contributed by atoms with van der Waals surface area (Å²) in [5.74, 6) is -0.734. The van der Waals surface area contributed by atoms with Crippen LogP contribution in [0.15, 0.2) is 58.4 Å². The lowest BCUT2D eigenvalue weighted by Gasteiger charge is -2.13. The van der Waals surface area contributed by atoms with Gasteiger partial charge in [0.1, 0.15) is 5.84 Å². The number of amides is 2. The van der Waals surface area contributed by atoms with Gasteiger partial charge in [-0.1, -0.05) is 44.9 Å². The van der Waals surface area contributed by atoms with Crippen molar-refractivity contribution in [1.29, 1.82) is 0 Å². The number of amidine groups is 1. The van der Waals surface area contributed by atoms with Crippen LogP contribution in [0.5, 0.6) is 0 Å². The van der Waals surface area contributed by atoms with E-state index in [0.717, 1.165) is 25.7 Å². The van der Waals surface area contributed by atoms with Crippen molar-refractivity contribution in [3.63, 3.8) is 0 Å². The monoisotopic (exact) mass is 485 g/mol. The normalized spacial score (nSPS) is 15.9. The molecule has 0 aliphatic heterocycles. The van der Waals surface area contributed by atoms with Gasteiger partial charge in [0.2, 0.25) is 5.91 Å². The molecule has 0 heterocycles. The molecule has 0 radical (unpaired) electrons. The largest absolute Gasteiger partial charge is 0.383 e. The molecule has 0 bridgehead atoms. The topological polar surface area (TPSA) is 157 Å². The molecule has 182 valence electrons. The molecule has 0 saturated heterocycles. The minimum absolute atomic E-state index is 0.0502. The second-order valence-corrected chi connectivity index (χ2v) is 10.5. The van der Waals surface area contributed by atoms with Gasteiger partial charge in [-0.25, -0.2) is 8.42 Å². The number of sulfonamides is 1. The van der Waals surface area contributed by atoms with Crippen molar-refractivity contribution in [2.45, 2.75) is 56.9 Å². The smallest absolute Gasteiger partial charge is 0.264 e. The standard InChI is InChI=1S/C24H31N5O4S/c1-3-4-11-20(25)22(30)28-21(26)16-7-5-10-19(14-16)34(32,33)29-18-9-6-8-17(15-18)27-23(31)24(2)12-13-24/h5-10,14-15,20,29H,3-4,11-13,25H2,1-2H3,(H,27,31)(H2,26,28,30)/t20-/m0/s1. The number of nitrogens with two attached hydrogens (primary N) is 2. The number of nitrogens with one attached hydrogen (secondary N) is 2. The molecule has 2 amide bonds. The van der Waals surface area contributed by atoms with Gasteiger partial charge in [-0.2, -0.15) is 4.99 Å². The molecule has 1 aliphatic rings. The zero-order valence-corrected chi connectivity index (χ0v) is 20.2. The van der Waals surface area contributed by atoms with Crippen LogP contribution in [0.2, 0.25) is 0 Å². The van der Waals surface area contributed by atoms with E-state index in [0.29, 0.717) is 17.8 Å². The van der Waals surface area contributed by atoms with Crippen LogP contribution in [0.4, 0.5) is 11.4 Å². The number of hydrogen-bond donors (Lipinski definition) is 4. The number of unbranched alkanes of at least 4 members (excludes halogenated alkanes) is 1. The highest BCUT2D eigenvalue weighted by Gasteiger charge is 2.44. The van der Waals surface area contributed by atoms with Crippen LogP contribution < -0.4 is 21.5 Å². The molecule has 0 spiro atoms. The van der Waals surface area contributed by atoms with E-state index in [2.05, 4.69) is 15.0 Å². The van der Waals surface area contributed by atoms with Crippen LogP contribution in [-0.4, -0.2) is 32.1 Å². The Morgan fingerprint density at radius 3 is 2.47 bits per heavy atom. The van der Waals surface area contributed by atoms with Gasteiger partial charge in [-0.15, -0.1) is 0 Å². The summed E-state index contributed by atoms with van der Waals surface area (Å²) >= 11 is 0. The van der Waals surface area contributed by atoms with Crippen molar-refractivity contribution in [2.75, 3.05) is 10.0 Å². The summed E-state index contributed by atoms with van der Waals surface area (Å²) in [5.41, 5.74) is 12.5. The number of carbonyl (C=O) groups excluding carboxylic acids is 2. The summed E-state index contributed by atoms with van der Waals surface area (Å²) in [5, 5.41) is 2.83. The van der Waals surface area contributed by atoms with Crippen LogP contribution in [0.25, 0.3) is 0 Å². The number of anilines is 2. The van der Waals surface area contributed by atoms with E-state index in [9.17, 15) is 18.0 Å². The number of aliphatic imine (C=N–C) groups is 1. The summed E-state index contributed by atoms with van der Waals surface area (Å²) in [4.78, 5) is 28.3. The first kappa shape index (κ1) is 25.4. The second-order valence-electron chi connectivity index (χ2n) is 8.81. The predicted molar refractivity (Wildman–Crippen MR) is 133 cm³/mol. The molecular formula is C24H31N5O4S. The van der Waals surface area contributed by atoms with Gasteiger partial charge >= 0.3 is 0 Å². The Balaban J connectivity index is 1.74. The first-order valence-electron chi connectivity index (χ1n) is 11.2. The third kappa shape index (κ3) is 6.42. The molecule has 0 aromatic heterocycles. The average molecular weight is 486 g/mol. The molecule has 1 aliphatic carbocycles. The van der Waals surface area contributed by atoms with Crippen LogP contribution >= 0.6 is 0 Å². The van der Waals surface area contributed by atoms with Gasteiger partial charge in [0, 0.05) is 16.7 Å². The van der Waals surface area contributed by atoms with Crippen molar-refractivity contribution in [3.05, 3.63) is 54.1 Å². The molecule has 34 heavy (non-hydrogen) atoms. The highest BCUT2D eigenvalue weighted by Crippen LogP contribution is 2.45. The zero-order valence-electron chi connectivity index (χ0n) is 19.4. The molecule has 1 fully saturated rings. The van der Waals surface area contributed by atoms with Crippen molar-refractivity contribution in [2.24, 2.45) is 21.9 Å². The molecule has 6 N–H and O–H groups in total. The SMILES string of the molecule is CCCC[C@H](N)C(=O)N=C(N)c1cccc(S(=O)(=O)Nc2cccc(NC(=O)C3(C)CC3)c2)c1. The van der Waals surface area contributed by atoms with Crippen LogP contribution in [-0.2, 0) is 19.6 Å². The first-order valence-corrected chi connectivity index (χ1v) is 12.7. The Labute approximate surface area is 200 Å². The van der Waals surface area contributed by atoms with Crippen molar-refractivity contribution in [1.82, 2.24) is 0 Å². The predicted octanol–water partition coefficient (Wildman–Crippen LogP) is 2.98. The number of carbonyl (C=O) groups is 2. The van der Waals surface area contributed by atoms with Crippen molar-refractivity contribution in [3.8, 4) is 0 Å². The van der Waals surface area contributed by atoms with Gasteiger partial charge < -0.3 is 16.8 Å². The second kappa shape index (κ2) is 10.4. The van der Waals surface area contributed by atoms with Gasteiger partial charge in [-0.3, -0.25) is 14.3 Å². The first-order chi connectivity index (χ1) is 16.0. The summed E-state index contributed by atoms with van der Waals surface area (Å²) in [7, 11) is -3.97. The summed E-state index contributed by atoms with van der Waals surface area (Å²) < 4.78 is 28.4. The van der Waals surface area contributed by atoms with Crippen LogP contribution in [0, 0.1) is 5.41 Å². The Hall–Kier alpha value is -3.24. The Bertz CT molecular complexity index is 1210. The lowest BCUT2D eigenvalue weighted by molar-refractivity contribution is -0.120. The minimum atomic E-state index is -3.97. The van der Waals surface area contributed by atoms with E-state index in [-0.39, 0.29) is 27.6 Å².